The Bertz CT molecular complexity index is 1340. The molecule has 0 aliphatic carbocycles. The number of carbonyl (C=O) groups excluding carboxylic acids is 1. The molecule has 1 aliphatic rings. The topological polar surface area (TPSA) is 104 Å². The van der Waals surface area contributed by atoms with Crippen molar-refractivity contribution in [3.8, 4) is 11.5 Å². The summed E-state index contributed by atoms with van der Waals surface area (Å²) in [6, 6.07) is 13.7. The number of cyclic esters (lactones) is 1. The average Bonchev–Trinajstić information content (AvgIpc) is 3.54. The number of benzene rings is 2. The van der Waals surface area contributed by atoms with Crippen LogP contribution in [0.1, 0.15) is 16.9 Å². The summed E-state index contributed by atoms with van der Waals surface area (Å²) in [6.07, 6.45) is 1.67. The van der Waals surface area contributed by atoms with E-state index in [0.717, 1.165) is 17.2 Å². The first-order valence-corrected chi connectivity index (χ1v) is 10.4. The molecule has 8 nitrogen and oxygen atoms in total. The van der Waals surface area contributed by atoms with Crippen molar-refractivity contribution >= 4 is 34.3 Å². The molecule has 1 aliphatic heterocycles. The van der Waals surface area contributed by atoms with Gasteiger partial charge in [0.2, 0.25) is 0 Å². The molecule has 5 rings (SSSR count). The van der Waals surface area contributed by atoms with Gasteiger partial charge in [-0.3, -0.25) is 0 Å². The predicted octanol–water partition coefficient (Wildman–Crippen LogP) is 3.70. The standard InChI is InChI=1S/C23H18N2O6S/c1-28-14-6-8-20(29-2)16(11-14)23(27)17(12-15-4-3-9-30-15)21(22(26)31-23)13-5-7-18-19(10-13)25-32-24-18/h3-11,27H,12H2,1-2H3. The maximum atomic E-state index is 13.2. The Balaban J connectivity index is 1.75. The molecule has 32 heavy (non-hydrogen) atoms. The van der Waals surface area contributed by atoms with Crippen LogP contribution in [0.25, 0.3) is 16.6 Å². The van der Waals surface area contributed by atoms with Crippen molar-refractivity contribution < 1.29 is 28.5 Å². The number of rotatable bonds is 6. The molecule has 1 unspecified atom stereocenters. The van der Waals surface area contributed by atoms with Crippen molar-refractivity contribution in [3.63, 3.8) is 0 Å². The molecule has 0 saturated carbocycles. The van der Waals surface area contributed by atoms with Crippen molar-refractivity contribution in [2.75, 3.05) is 14.2 Å². The van der Waals surface area contributed by atoms with Gasteiger partial charge in [0.15, 0.2) is 0 Å². The van der Waals surface area contributed by atoms with E-state index in [-0.39, 0.29) is 17.6 Å². The van der Waals surface area contributed by atoms with E-state index >= 15 is 0 Å². The number of hydrogen-bond acceptors (Lipinski definition) is 9. The summed E-state index contributed by atoms with van der Waals surface area (Å²) in [5, 5.41) is 11.8. The minimum Gasteiger partial charge on any atom is -0.497 e. The number of carbonyl (C=O) groups is 1. The normalized spacial score (nSPS) is 18.3. The summed E-state index contributed by atoms with van der Waals surface area (Å²) in [5.41, 5.74) is 2.76. The maximum absolute atomic E-state index is 13.2. The van der Waals surface area contributed by atoms with Gasteiger partial charge in [-0.05, 0) is 48.0 Å². The van der Waals surface area contributed by atoms with Crippen LogP contribution < -0.4 is 9.47 Å². The Labute approximate surface area is 187 Å². The summed E-state index contributed by atoms with van der Waals surface area (Å²) in [5.74, 6) is -1.37. The average molecular weight is 450 g/mol. The second-order valence-electron chi connectivity index (χ2n) is 7.18. The molecule has 0 amide bonds. The molecule has 162 valence electrons. The summed E-state index contributed by atoms with van der Waals surface area (Å²) in [4.78, 5) is 13.2. The number of esters is 1. The Hall–Kier alpha value is -3.69. The van der Waals surface area contributed by atoms with Crippen molar-refractivity contribution in [1.82, 2.24) is 8.75 Å². The number of fused-ring (bicyclic) bond motifs is 1. The number of aliphatic hydroxyl groups is 1. The van der Waals surface area contributed by atoms with Gasteiger partial charge >= 0.3 is 5.97 Å². The zero-order chi connectivity index (χ0) is 22.3. The van der Waals surface area contributed by atoms with Crippen LogP contribution in [0, 0.1) is 0 Å². The highest BCUT2D eigenvalue weighted by molar-refractivity contribution is 7.00. The van der Waals surface area contributed by atoms with Gasteiger partial charge in [-0.15, -0.1) is 0 Å². The Morgan fingerprint density at radius 1 is 1.06 bits per heavy atom. The smallest absolute Gasteiger partial charge is 0.342 e. The highest BCUT2D eigenvalue weighted by Gasteiger charge is 2.50. The number of methoxy groups -OCH3 is 2. The number of nitrogens with zero attached hydrogens (tertiary/aromatic N) is 2. The molecule has 2 aromatic heterocycles. The largest absolute Gasteiger partial charge is 0.497 e. The Kier molecular flexibility index (Phi) is 4.91. The molecule has 2 aromatic carbocycles. The third kappa shape index (κ3) is 3.22. The van der Waals surface area contributed by atoms with E-state index in [1.54, 1.807) is 48.5 Å². The minimum absolute atomic E-state index is 0.137. The van der Waals surface area contributed by atoms with Crippen molar-refractivity contribution in [1.29, 1.82) is 0 Å². The summed E-state index contributed by atoms with van der Waals surface area (Å²) in [6.45, 7) is 0. The third-order valence-electron chi connectivity index (χ3n) is 5.40. The van der Waals surface area contributed by atoms with Crippen LogP contribution in [-0.4, -0.2) is 34.0 Å². The lowest BCUT2D eigenvalue weighted by Crippen LogP contribution is -2.30. The molecule has 4 aromatic rings. The van der Waals surface area contributed by atoms with Crippen molar-refractivity contribution in [2.24, 2.45) is 0 Å². The van der Waals surface area contributed by atoms with Crippen LogP contribution in [0.15, 0.2) is 64.8 Å². The zero-order valence-corrected chi connectivity index (χ0v) is 18.0. The monoisotopic (exact) mass is 450 g/mol. The summed E-state index contributed by atoms with van der Waals surface area (Å²) in [7, 11) is 2.99. The molecule has 1 atom stereocenters. The lowest BCUT2D eigenvalue weighted by Gasteiger charge is -2.27. The fraction of sp³-hybridized carbons (Fsp3) is 0.174. The number of furan rings is 1. The van der Waals surface area contributed by atoms with E-state index in [1.807, 2.05) is 0 Å². The molecule has 3 heterocycles. The Morgan fingerprint density at radius 3 is 2.66 bits per heavy atom. The van der Waals surface area contributed by atoms with Crippen LogP contribution >= 0.6 is 11.7 Å². The van der Waals surface area contributed by atoms with Gasteiger partial charge in [-0.25, -0.2) is 4.79 Å². The van der Waals surface area contributed by atoms with E-state index in [2.05, 4.69) is 8.75 Å². The van der Waals surface area contributed by atoms with Gasteiger partial charge in [-0.2, -0.15) is 8.75 Å². The molecule has 1 N–H and O–H groups in total. The SMILES string of the molecule is COc1ccc(OC)c(C2(O)OC(=O)C(c3ccc4nsnc4c3)=C2Cc2ccco2)c1. The number of aromatic nitrogens is 2. The van der Waals surface area contributed by atoms with Gasteiger partial charge < -0.3 is 23.7 Å². The van der Waals surface area contributed by atoms with Gasteiger partial charge in [0.1, 0.15) is 28.3 Å². The molecule has 0 spiro atoms. The fourth-order valence-corrected chi connectivity index (χ4v) is 4.38. The van der Waals surface area contributed by atoms with Crippen molar-refractivity contribution in [2.45, 2.75) is 12.2 Å². The highest BCUT2D eigenvalue weighted by atomic mass is 32.1. The summed E-state index contributed by atoms with van der Waals surface area (Å²) >= 11 is 1.09. The van der Waals surface area contributed by atoms with Gasteiger partial charge in [0.05, 0.1) is 43.3 Å². The molecular formula is C23H18N2O6S. The van der Waals surface area contributed by atoms with Crippen LogP contribution in [-0.2, 0) is 21.7 Å². The van der Waals surface area contributed by atoms with Gasteiger partial charge in [-0.1, -0.05) is 6.07 Å². The predicted molar refractivity (Wildman–Crippen MR) is 116 cm³/mol. The Morgan fingerprint density at radius 2 is 1.91 bits per heavy atom. The van der Waals surface area contributed by atoms with Crippen molar-refractivity contribution in [3.05, 3.63) is 77.3 Å². The first-order valence-electron chi connectivity index (χ1n) is 9.70. The molecule has 0 fully saturated rings. The molecule has 0 bridgehead atoms. The highest BCUT2D eigenvalue weighted by Crippen LogP contribution is 2.48. The van der Waals surface area contributed by atoms with E-state index in [0.29, 0.717) is 33.9 Å². The van der Waals surface area contributed by atoms with Gasteiger partial charge in [0.25, 0.3) is 5.79 Å². The fourth-order valence-electron chi connectivity index (χ4n) is 3.86. The number of hydrogen-bond donors (Lipinski definition) is 1. The minimum atomic E-state index is -2.09. The summed E-state index contributed by atoms with van der Waals surface area (Å²) < 4.78 is 30.4. The van der Waals surface area contributed by atoms with Crippen LogP contribution in [0.4, 0.5) is 0 Å². The lowest BCUT2D eigenvalue weighted by atomic mass is 9.89. The second kappa shape index (κ2) is 7.77. The van der Waals surface area contributed by atoms with E-state index in [1.165, 1.54) is 20.5 Å². The maximum Gasteiger partial charge on any atom is 0.342 e. The first kappa shape index (κ1) is 20.2. The van der Waals surface area contributed by atoms with E-state index in [4.69, 9.17) is 18.6 Å². The van der Waals surface area contributed by atoms with Crippen LogP contribution in [0.2, 0.25) is 0 Å². The molecule has 9 heteroatoms. The van der Waals surface area contributed by atoms with Crippen LogP contribution in [0.3, 0.4) is 0 Å². The van der Waals surface area contributed by atoms with Gasteiger partial charge in [0, 0.05) is 12.0 Å². The number of ether oxygens (including phenoxy) is 3. The zero-order valence-electron chi connectivity index (χ0n) is 17.2. The second-order valence-corrected chi connectivity index (χ2v) is 7.71. The van der Waals surface area contributed by atoms with E-state index < -0.39 is 11.8 Å². The van der Waals surface area contributed by atoms with E-state index in [9.17, 15) is 9.90 Å². The van der Waals surface area contributed by atoms with Crippen LogP contribution in [0.5, 0.6) is 11.5 Å². The third-order valence-corrected chi connectivity index (χ3v) is 5.96. The quantitative estimate of drug-likeness (QED) is 0.444. The first-order chi connectivity index (χ1) is 15.5. The molecular weight excluding hydrogens is 432 g/mol. The lowest BCUT2D eigenvalue weighted by molar-refractivity contribution is -0.185. The molecule has 0 saturated heterocycles. The molecule has 0 radical (unpaired) electrons.